The zero-order chi connectivity index (χ0) is 21.1. The highest BCUT2D eigenvalue weighted by Gasteiger charge is 2.22. The molecule has 9 heteroatoms. The van der Waals surface area contributed by atoms with Gasteiger partial charge in [0.05, 0.1) is 5.69 Å². The second-order valence-electron chi connectivity index (χ2n) is 6.86. The molecule has 1 aliphatic rings. The number of aromatic nitrogens is 1. The van der Waals surface area contributed by atoms with Crippen molar-refractivity contribution >= 4 is 39.7 Å². The molecule has 1 saturated heterocycles. The van der Waals surface area contributed by atoms with E-state index in [1.807, 2.05) is 11.0 Å². The van der Waals surface area contributed by atoms with Gasteiger partial charge < -0.3 is 15.1 Å². The number of carbonyl (C=O) groups is 1. The van der Waals surface area contributed by atoms with Crippen molar-refractivity contribution < 1.29 is 13.6 Å². The van der Waals surface area contributed by atoms with Gasteiger partial charge in [0.15, 0.2) is 5.13 Å². The number of hydrogen-bond donors (Lipinski definition) is 1. The third-order valence-corrected chi connectivity index (χ3v) is 6.18. The molecular formula is C21H19ClF2N4OS. The minimum absolute atomic E-state index is 0.187. The zero-order valence-electron chi connectivity index (χ0n) is 15.9. The molecule has 1 fully saturated rings. The Balaban J connectivity index is 1.34. The molecular weight excluding hydrogens is 430 g/mol. The largest absolute Gasteiger partial charge is 0.366 e. The molecule has 5 nitrogen and oxygen atoms in total. The molecule has 0 radical (unpaired) electrons. The van der Waals surface area contributed by atoms with E-state index in [0.717, 1.165) is 5.13 Å². The Morgan fingerprint density at radius 1 is 1.10 bits per heavy atom. The van der Waals surface area contributed by atoms with E-state index in [2.05, 4.69) is 15.2 Å². The lowest BCUT2D eigenvalue weighted by molar-refractivity contribution is 0.0946. The van der Waals surface area contributed by atoms with Crippen LogP contribution in [0.3, 0.4) is 0 Å². The van der Waals surface area contributed by atoms with Gasteiger partial charge in [-0.05, 0) is 29.8 Å². The minimum atomic E-state index is -0.422. The first kappa shape index (κ1) is 20.6. The second-order valence-corrected chi connectivity index (χ2v) is 8.10. The van der Waals surface area contributed by atoms with Crippen LogP contribution in [0.2, 0.25) is 5.02 Å². The summed E-state index contributed by atoms with van der Waals surface area (Å²) in [6.45, 7) is 2.91. The molecule has 0 unspecified atom stereocenters. The monoisotopic (exact) mass is 448 g/mol. The Bertz CT molecular complexity index is 1050. The number of hydrogen-bond acceptors (Lipinski definition) is 5. The molecule has 2 aromatic carbocycles. The van der Waals surface area contributed by atoms with Crippen LogP contribution in [0.1, 0.15) is 16.1 Å². The number of carbonyl (C=O) groups excluding carboxylic acids is 1. The van der Waals surface area contributed by atoms with Gasteiger partial charge in [0.2, 0.25) is 0 Å². The summed E-state index contributed by atoms with van der Waals surface area (Å²) in [4.78, 5) is 21.0. The van der Waals surface area contributed by atoms with Gasteiger partial charge in [-0.1, -0.05) is 29.8 Å². The highest BCUT2D eigenvalue weighted by molar-refractivity contribution is 7.13. The molecule has 0 aliphatic carbocycles. The average Bonchev–Trinajstić information content (AvgIpc) is 3.24. The van der Waals surface area contributed by atoms with E-state index in [-0.39, 0.29) is 23.3 Å². The molecule has 4 rings (SSSR count). The van der Waals surface area contributed by atoms with Crippen LogP contribution in [0.5, 0.6) is 0 Å². The summed E-state index contributed by atoms with van der Waals surface area (Å²) in [5, 5.41) is 5.49. The first-order valence-corrected chi connectivity index (χ1v) is 10.7. The van der Waals surface area contributed by atoms with Crippen molar-refractivity contribution in [3.63, 3.8) is 0 Å². The van der Waals surface area contributed by atoms with Gasteiger partial charge >= 0.3 is 0 Å². The Morgan fingerprint density at radius 3 is 2.57 bits per heavy atom. The number of nitrogens with zero attached hydrogens (tertiary/aromatic N) is 3. The molecule has 1 aliphatic heterocycles. The Kier molecular flexibility index (Phi) is 6.15. The maximum Gasteiger partial charge on any atom is 0.271 e. The molecule has 156 valence electrons. The lowest BCUT2D eigenvalue weighted by Crippen LogP contribution is -2.46. The standard InChI is InChI=1S/C21H19ClF2N4OS/c22-16-11-15(23)6-5-14(16)12-25-20(29)18-13-30-21(26-18)28-9-7-27(8-10-28)19-4-2-1-3-17(19)24/h1-6,11,13H,7-10,12H2,(H,25,29). The number of thiazole rings is 1. The number of nitrogens with one attached hydrogen (secondary N) is 1. The zero-order valence-corrected chi connectivity index (χ0v) is 17.5. The molecule has 0 spiro atoms. The van der Waals surface area contributed by atoms with Gasteiger partial charge in [-0.15, -0.1) is 11.3 Å². The van der Waals surface area contributed by atoms with Crippen molar-refractivity contribution in [2.45, 2.75) is 6.54 Å². The third kappa shape index (κ3) is 4.55. The first-order chi connectivity index (χ1) is 14.5. The van der Waals surface area contributed by atoms with Crippen molar-refractivity contribution in [3.05, 3.63) is 75.8 Å². The van der Waals surface area contributed by atoms with Crippen LogP contribution >= 0.6 is 22.9 Å². The fraction of sp³-hybridized carbons (Fsp3) is 0.238. The van der Waals surface area contributed by atoms with Crippen molar-refractivity contribution in [2.75, 3.05) is 36.0 Å². The van der Waals surface area contributed by atoms with Crippen LogP contribution < -0.4 is 15.1 Å². The number of benzene rings is 2. The summed E-state index contributed by atoms with van der Waals surface area (Å²) in [6, 6.07) is 10.8. The van der Waals surface area contributed by atoms with E-state index in [9.17, 15) is 13.6 Å². The second kappa shape index (κ2) is 8.97. The molecule has 1 N–H and O–H groups in total. The summed E-state index contributed by atoms with van der Waals surface area (Å²) in [7, 11) is 0. The summed E-state index contributed by atoms with van der Waals surface area (Å²) < 4.78 is 27.1. The van der Waals surface area contributed by atoms with Crippen LogP contribution in [0.4, 0.5) is 19.6 Å². The SMILES string of the molecule is O=C(NCc1ccc(F)cc1Cl)c1csc(N2CCN(c3ccccc3F)CC2)n1. The van der Waals surface area contributed by atoms with E-state index < -0.39 is 5.82 Å². The lowest BCUT2D eigenvalue weighted by atomic mass is 10.2. The molecule has 1 amide bonds. The number of rotatable bonds is 5. The van der Waals surface area contributed by atoms with Crippen molar-refractivity contribution in [1.29, 1.82) is 0 Å². The lowest BCUT2D eigenvalue weighted by Gasteiger charge is -2.36. The molecule has 1 aromatic heterocycles. The van der Waals surface area contributed by atoms with Gasteiger partial charge in [-0.3, -0.25) is 4.79 Å². The number of amides is 1. The molecule has 3 aromatic rings. The first-order valence-electron chi connectivity index (χ1n) is 9.43. The normalized spacial score (nSPS) is 14.1. The number of para-hydroxylation sites is 1. The Morgan fingerprint density at radius 2 is 1.83 bits per heavy atom. The van der Waals surface area contributed by atoms with E-state index in [1.165, 1.54) is 29.5 Å². The predicted octanol–water partition coefficient (Wildman–Crippen LogP) is 4.33. The average molecular weight is 449 g/mol. The van der Waals surface area contributed by atoms with E-state index in [4.69, 9.17) is 11.6 Å². The molecule has 0 atom stereocenters. The third-order valence-electron chi connectivity index (χ3n) is 4.92. The van der Waals surface area contributed by atoms with E-state index >= 15 is 0 Å². The fourth-order valence-corrected chi connectivity index (χ4v) is 4.39. The van der Waals surface area contributed by atoms with Gasteiger partial charge in [0.25, 0.3) is 5.91 Å². The smallest absolute Gasteiger partial charge is 0.271 e. The van der Waals surface area contributed by atoms with Crippen molar-refractivity contribution in [3.8, 4) is 0 Å². The predicted molar refractivity (Wildman–Crippen MR) is 116 cm³/mol. The van der Waals surface area contributed by atoms with Crippen LogP contribution in [0.15, 0.2) is 47.8 Å². The van der Waals surface area contributed by atoms with Crippen LogP contribution in [0, 0.1) is 11.6 Å². The number of halogens is 3. The minimum Gasteiger partial charge on any atom is -0.366 e. The van der Waals surface area contributed by atoms with Gasteiger partial charge in [-0.25, -0.2) is 13.8 Å². The highest BCUT2D eigenvalue weighted by atomic mass is 35.5. The van der Waals surface area contributed by atoms with E-state index in [0.29, 0.717) is 43.1 Å². The quantitative estimate of drug-likeness (QED) is 0.631. The van der Waals surface area contributed by atoms with Crippen molar-refractivity contribution in [1.82, 2.24) is 10.3 Å². The Hall–Kier alpha value is -2.71. The number of piperazine rings is 1. The number of anilines is 2. The van der Waals surface area contributed by atoms with Crippen LogP contribution in [-0.2, 0) is 6.54 Å². The topological polar surface area (TPSA) is 48.5 Å². The van der Waals surface area contributed by atoms with Gasteiger partial charge in [0, 0.05) is 43.1 Å². The molecule has 0 bridgehead atoms. The van der Waals surface area contributed by atoms with Crippen molar-refractivity contribution in [2.24, 2.45) is 0 Å². The van der Waals surface area contributed by atoms with Crippen LogP contribution in [0.25, 0.3) is 0 Å². The maximum absolute atomic E-state index is 14.0. The van der Waals surface area contributed by atoms with Gasteiger partial charge in [-0.2, -0.15) is 0 Å². The summed E-state index contributed by atoms with van der Waals surface area (Å²) >= 11 is 7.39. The summed E-state index contributed by atoms with van der Waals surface area (Å²) in [5.74, 6) is -0.961. The molecule has 2 heterocycles. The summed E-state index contributed by atoms with van der Waals surface area (Å²) in [5.41, 5.74) is 1.56. The molecule has 30 heavy (non-hydrogen) atoms. The van der Waals surface area contributed by atoms with Crippen LogP contribution in [-0.4, -0.2) is 37.1 Å². The Labute approximate surface area is 181 Å². The maximum atomic E-state index is 14.0. The summed E-state index contributed by atoms with van der Waals surface area (Å²) in [6.07, 6.45) is 0. The fourth-order valence-electron chi connectivity index (χ4n) is 3.29. The molecule has 0 saturated carbocycles. The van der Waals surface area contributed by atoms with E-state index in [1.54, 1.807) is 23.6 Å². The van der Waals surface area contributed by atoms with Gasteiger partial charge in [0.1, 0.15) is 17.3 Å². The highest BCUT2D eigenvalue weighted by Crippen LogP contribution is 2.25.